The number of nitrogens with one attached hydrogen (secondary N) is 2. The average Bonchev–Trinajstić information content (AvgIpc) is 2.97. The van der Waals surface area contributed by atoms with Crippen molar-refractivity contribution in [3.63, 3.8) is 0 Å². The van der Waals surface area contributed by atoms with Crippen molar-refractivity contribution in [3.05, 3.63) is 47.0 Å². The topological polar surface area (TPSA) is 88.2 Å². The quantitative estimate of drug-likeness (QED) is 0.834. The van der Waals surface area contributed by atoms with Gasteiger partial charge in [0.15, 0.2) is 5.13 Å². The summed E-state index contributed by atoms with van der Waals surface area (Å²) in [5, 5.41) is 7.36. The highest BCUT2D eigenvalue weighted by atomic mass is 32.2. The van der Waals surface area contributed by atoms with Crippen LogP contribution in [-0.4, -0.2) is 33.8 Å². The van der Waals surface area contributed by atoms with Crippen molar-refractivity contribution in [1.82, 2.24) is 10.3 Å². The van der Waals surface area contributed by atoms with Gasteiger partial charge in [0.1, 0.15) is 0 Å². The van der Waals surface area contributed by atoms with Crippen molar-refractivity contribution in [2.45, 2.75) is 5.75 Å². The van der Waals surface area contributed by atoms with Gasteiger partial charge in [0, 0.05) is 39.9 Å². The predicted molar refractivity (Wildman–Crippen MR) is 87.3 cm³/mol. The largest absolute Gasteiger partial charge is 0.343 e. The van der Waals surface area contributed by atoms with E-state index in [-0.39, 0.29) is 18.4 Å². The lowest BCUT2D eigenvalue weighted by Crippen LogP contribution is -2.32. The van der Waals surface area contributed by atoms with Gasteiger partial charge >= 0.3 is 0 Å². The van der Waals surface area contributed by atoms with E-state index in [1.807, 2.05) is 6.07 Å². The molecule has 0 unspecified atom stereocenters. The molecule has 0 aliphatic heterocycles. The Balaban J connectivity index is 1.89. The van der Waals surface area contributed by atoms with Crippen LogP contribution in [0.3, 0.4) is 0 Å². The predicted octanol–water partition coefficient (Wildman–Crippen LogP) is 1.39. The summed E-state index contributed by atoms with van der Waals surface area (Å²) < 4.78 is 11.2. The number of anilines is 1. The lowest BCUT2D eigenvalue weighted by atomic mass is 10.1. The Morgan fingerprint density at radius 1 is 1.36 bits per heavy atom. The molecule has 0 spiro atoms. The second-order valence-corrected chi connectivity index (χ2v) is 6.82. The van der Waals surface area contributed by atoms with E-state index in [9.17, 15) is 13.8 Å². The molecule has 22 heavy (non-hydrogen) atoms. The lowest BCUT2D eigenvalue weighted by molar-refractivity contribution is -0.115. The number of carbonyl (C=O) groups is 2. The second-order valence-electron chi connectivity index (χ2n) is 4.49. The van der Waals surface area contributed by atoms with Gasteiger partial charge in [-0.25, -0.2) is 4.98 Å². The summed E-state index contributed by atoms with van der Waals surface area (Å²) in [6.07, 6.45) is 3.19. The van der Waals surface area contributed by atoms with Crippen molar-refractivity contribution in [2.24, 2.45) is 0 Å². The van der Waals surface area contributed by atoms with Gasteiger partial charge < -0.3 is 10.6 Å². The fourth-order valence-corrected chi connectivity index (χ4v) is 2.94. The van der Waals surface area contributed by atoms with Crippen LogP contribution in [0.5, 0.6) is 0 Å². The zero-order valence-electron chi connectivity index (χ0n) is 11.9. The number of carbonyl (C=O) groups excluding carboxylic acids is 2. The molecule has 2 N–H and O–H groups in total. The number of thiazole rings is 1. The highest BCUT2D eigenvalue weighted by Crippen LogP contribution is 2.10. The number of hydrogen-bond acceptors (Lipinski definition) is 5. The van der Waals surface area contributed by atoms with E-state index in [1.165, 1.54) is 11.3 Å². The number of amides is 2. The molecule has 1 heterocycles. The number of nitrogens with zero attached hydrogens (tertiary/aromatic N) is 1. The Hall–Kier alpha value is -2.06. The lowest BCUT2D eigenvalue weighted by Gasteiger charge is -2.06. The van der Waals surface area contributed by atoms with Crippen molar-refractivity contribution in [1.29, 1.82) is 0 Å². The Bertz CT molecular complexity index is 686. The van der Waals surface area contributed by atoms with E-state index in [2.05, 4.69) is 15.6 Å². The Kier molecular flexibility index (Phi) is 5.79. The smallest absolute Gasteiger partial charge is 0.251 e. The van der Waals surface area contributed by atoms with Gasteiger partial charge in [-0.05, 0) is 17.7 Å². The van der Waals surface area contributed by atoms with Crippen LogP contribution in [0, 0.1) is 0 Å². The Labute approximate surface area is 134 Å². The average molecular weight is 337 g/mol. The number of aromatic nitrogens is 1. The first kappa shape index (κ1) is 16.3. The van der Waals surface area contributed by atoms with Crippen LogP contribution >= 0.6 is 11.3 Å². The third-order valence-corrected chi connectivity index (χ3v) is 4.08. The molecule has 8 heteroatoms. The molecular formula is C14H15N3O3S2. The minimum Gasteiger partial charge on any atom is -0.343 e. The van der Waals surface area contributed by atoms with Crippen LogP contribution in [0.4, 0.5) is 5.13 Å². The van der Waals surface area contributed by atoms with E-state index >= 15 is 0 Å². The van der Waals surface area contributed by atoms with Crippen molar-refractivity contribution in [2.75, 3.05) is 18.1 Å². The molecule has 0 radical (unpaired) electrons. The Morgan fingerprint density at radius 2 is 2.18 bits per heavy atom. The molecule has 2 amide bonds. The second kappa shape index (κ2) is 7.81. The summed E-state index contributed by atoms with van der Waals surface area (Å²) in [7, 11) is -0.969. The van der Waals surface area contributed by atoms with Crippen LogP contribution in [0.1, 0.15) is 15.9 Å². The zero-order valence-corrected chi connectivity index (χ0v) is 13.5. The summed E-state index contributed by atoms with van der Waals surface area (Å²) in [4.78, 5) is 27.6. The SMILES string of the molecule is C[S@@](=O)Cc1cccc(C(=O)NCC(=O)Nc2nccs2)c1. The first-order valence-electron chi connectivity index (χ1n) is 6.41. The highest BCUT2D eigenvalue weighted by Gasteiger charge is 2.10. The summed E-state index contributed by atoms with van der Waals surface area (Å²) in [6.45, 7) is -0.137. The summed E-state index contributed by atoms with van der Waals surface area (Å²) in [6, 6.07) is 6.87. The van der Waals surface area contributed by atoms with Crippen LogP contribution in [0.15, 0.2) is 35.8 Å². The molecule has 0 bridgehead atoms. The molecule has 2 rings (SSSR count). The molecule has 1 aromatic carbocycles. The van der Waals surface area contributed by atoms with Crippen LogP contribution in [-0.2, 0) is 21.3 Å². The first-order chi connectivity index (χ1) is 10.5. The molecule has 0 saturated carbocycles. The molecule has 0 aliphatic carbocycles. The summed E-state index contributed by atoms with van der Waals surface area (Å²) >= 11 is 1.30. The van der Waals surface area contributed by atoms with E-state index < -0.39 is 10.8 Å². The summed E-state index contributed by atoms with van der Waals surface area (Å²) in [5.41, 5.74) is 1.26. The number of rotatable bonds is 6. The Morgan fingerprint density at radius 3 is 2.86 bits per heavy atom. The van der Waals surface area contributed by atoms with Crippen LogP contribution < -0.4 is 10.6 Å². The maximum atomic E-state index is 12.0. The fourth-order valence-electron chi connectivity index (χ4n) is 1.75. The minimum atomic E-state index is -0.969. The van der Waals surface area contributed by atoms with Crippen molar-refractivity contribution >= 4 is 39.1 Å². The van der Waals surface area contributed by atoms with Gasteiger partial charge in [-0.1, -0.05) is 12.1 Å². The number of hydrogen-bond donors (Lipinski definition) is 2. The highest BCUT2D eigenvalue weighted by molar-refractivity contribution is 7.83. The molecule has 0 fully saturated rings. The maximum absolute atomic E-state index is 12.0. The van der Waals surface area contributed by atoms with Crippen LogP contribution in [0.25, 0.3) is 0 Å². The summed E-state index contributed by atoms with van der Waals surface area (Å²) in [5.74, 6) is -0.293. The van der Waals surface area contributed by atoms with E-state index in [4.69, 9.17) is 0 Å². The molecule has 1 aromatic heterocycles. The van der Waals surface area contributed by atoms with Crippen molar-refractivity contribution < 1.29 is 13.8 Å². The molecular weight excluding hydrogens is 322 g/mol. The van der Waals surface area contributed by atoms with E-state index in [1.54, 1.807) is 36.0 Å². The molecule has 0 saturated heterocycles. The number of benzene rings is 1. The first-order valence-corrected chi connectivity index (χ1v) is 9.02. The molecule has 116 valence electrons. The van der Waals surface area contributed by atoms with Gasteiger partial charge in [-0.2, -0.15) is 0 Å². The third kappa shape index (κ3) is 5.05. The van der Waals surface area contributed by atoms with Gasteiger partial charge in [0.25, 0.3) is 5.91 Å². The molecule has 2 aromatic rings. The van der Waals surface area contributed by atoms with Crippen molar-refractivity contribution in [3.8, 4) is 0 Å². The molecule has 6 nitrogen and oxygen atoms in total. The van der Waals surface area contributed by atoms with Gasteiger partial charge in [0.05, 0.1) is 6.54 Å². The maximum Gasteiger partial charge on any atom is 0.251 e. The standard InChI is InChI=1S/C14H15N3O3S2/c1-22(20)9-10-3-2-4-11(7-10)13(19)16-8-12(18)17-14-15-5-6-21-14/h2-7H,8-9H2,1H3,(H,16,19)(H,15,17,18)/t22-/m1/s1. The zero-order chi connectivity index (χ0) is 15.9. The molecule has 1 atom stereocenters. The third-order valence-electron chi connectivity index (χ3n) is 2.65. The van der Waals surface area contributed by atoms with Gasteiger partial charge in [-0.3, -0.25) is 13.8 Å². The van der Waals surface area contributed by atoms with Crippen LogP contribution in [0.2, 0.25) is 0 Å². The minimum absolute atomic E-state index is 0.137. The monoisotopic (exact) mass is 337 g/mol. The van der Waals surface area contributed by atoms with Gasteiger partial charge in [-0.15, -0.1) is 11.3 Å². The van der Waals surface area contributed by atoms with Gasteiger partial charge in [0.2, 0.25) is 5.91 Å². The normalized spacial score (nSPS) is 11.7. The molecule has 0 aliphatic rings. The van der Waals surface area contributed by atoms with E-state index in [0.29, 0.717) is 16.4 Å². The fraction of sp³-hybridized carbons (Fsp3) is 0.214. The van der Waals surface area contributed by atoms with E-state index in [0.717, 1.165) is 5.56 Å².